The number of nitrogens with one attached hydrogen (secondary N) is 1. The minimum atomic E-state index is -2.93. The van der Waals surface area contributed by atoms with Crippen LogP contribution in [0.3, 0.4) is 0 Å². The molecular weight excluding hydrogens is 306 g/mol. The highest BCUT2D eigenvalue weighted by atomic mass is 19.3. The normalized spacial score (nSPS) is 19.7. The van der Waals surface area contributed by atoms with Gasteiger partial charge < -0.3 is 20.1 Å². The fraction of sp³-hybridized carbons (Fsp3) is 0.562. The van der Waals surface area contributed by atoms with Crippen LogP contribution in [0.25, 0.3) is 0 Å². The third-order valence-corrected chi connectivity index (χ3v) is 3.75. The van der Waals surface area contributed by atoms with Crippen LogP contribution >= 0.6 is 0 Å². The lowest BCUT2D eigenvalue weighted by atomic mass is 10.1. The number of halogens is 2. The summed E-state index contributed by atoms with van der Waals surface area (Å²) < 4.78 is 32.1. The lowest BCUT2D eigenvalue weighted by Crippen LogP contribution is -2.45. The van der Waals surface area contributed by atoms with Gasteiger partial charge in [0.2, 0.25) is 0 Å². The maximum atomic E-state index is 13.3. The Morgan fingerprint density at radius 2 is 2.30 bits per heavy atom. The third kappa shape index (κ3) is 4.79. The van der Waals surface area contributed by atoms with Crippen LogP contribution < -0.4 is 10.1 Å². The van der Waals surface area contributed by atoms with Crippen LogP contribution in [0.4, 0.5) is 13.6 Å². The molecule has 2 rings (SSSR count). The van der Waals surface area contributed by atoms with Crippen molar-refractivity contribution in [3.63, 3.8) is 0 Å². The van der Waals surface area contributed by atoms with E-state index in [9.17, 15) is 13.6 Å². The first-order chi connectivity index (χ1) is 10.9. The molecule has 0 aliphatic carbocycles. The van der Waals surface area contributed by atoms with Gasteiger partial charge in [0.1, 0.15) is 5.75 Å². The minimum Gasteiger partial charge on any atom is -0.494 e. The number of alkyl halides is 2. The first kappa shape index (κ1) is 17.5. The number of urea groups is 1. The van der Waals surface area contributed by atoms with E-state index in [-0.39, 0.29) is 0 Å². The number of ether oxygens (including phenoxy) is 1. The number of benzene rings is 1. The van der Waals surface area contributed by atoms with Crippen LogP contribution in [0.2, 0.25) is 0 Å². The van der Waals surface area contributed by atoms with Crippen molar-refractivity contribution >= 4 is 6.03 Å². The largest absolute Gasteiger partial charge is 0.494 e. The maximum Gasteiger partial charge on any atom is 0.317 e. The molecule has 2 N–H and O–H groups in total. The van der Waals surface area contributed by atoms with E-state index in [1.54, 1.807) is 0 Å². The number of hydrogen-bond donors (Lipinski definition) is 2. The molecule has 0 bridgehead atoms. The standard InChI is InChI=1S/C16H22F2N2O3/c1-2-23-14-5-3-4-12(8-14)6-7-19-15(22)20-11-16(17,18)9-13(20)10-21/h3-5,8,13,21H,2,6-7,9-11H2,1H3,(H,19,22). The van der Waals surface area contributed by atoms with Gasteiger partial charge in [-0.3, -0.25) is 0 Å². The van der Waals surface area contributed by atoms with Crippen LogP contribution in [0.5, 0.6) is 5.75 Å². The van der Waals surface area contributed by atoms with Gasteiger partial charge in [-0.25, -0.2) is 13.6 Å². The summed E-state index contributed by atoms with van der Waals surface area (Å²) in [5.74, 6) is -2.17. The minimum absolute atomic E-state index is 0.328. The Bertz CT molecular complexity index is 540. The number of rotatable bonds is 6. The first-order valence-corrected chi connectivity index (χ1v) is 7.70. The van der Waals surface area contributed by atoms with Gasteiger partial charge in [0.15, 0.2) is 0 Å². The zero-order chi connectivity index (χ0) is 16.9. The highest BCUT2D eigenvalue weighted by Crippen LogP contribution is 2.31. The average molecular weight is 328 g/mol. The molecule has 7 heteroatoms. The Labute approximate surface area is 134 Å². The van der Waals surface area contributed by atoms with Crippen molar-refractivity contribution in [2.45, 2.75) is 31.7 Å². The van der Waals surface area contributed by atoms with Crippen molar-refractivity contribution in [2.24, 2.45) is 0 Å². The van der Waals surface area contributed by atoms with Crippen molar-refractivity contribution < 1.29 is 23.4 Å². The molecule has 2 amide bonds. The van der Waals surface area contributed by atoms with E-state index in [1.807, 2.05) is 31.2 Å². The molecule has 0 aromatic heterocycles. The molecule has 5 nitrogen and oxygen atoms in total. The number of amides is 2. The number of carbonyl (C=O) groups excluding carboxylic acids is 1. The lowest BCUT2D eigenvalue weighted by Gasteiger charge is -2.22. The van der Waals surface area contributed by atoms with E-state index in [0.717, 1.165) is 16.2 Å². The lowest BCUT2D eigenvalue weighted by molar-refractivity contribution is 0.0141. The first-order valence-electron chi connectivity index (χ1n) is 7.70. The fourth-order valence-electron chi connectivity index (χ4n) is 2.67. The molecule has 128 valence electrons. The predicted molar refractivity (Wildman–Crippen MR) is 81.9 cm³/mol. The quantitative estimate of drug-likeness (QED) is 0.840. The van der Waals surface area contributed by atoms with Crippen LogP contribution in [-0.4, -0.2) is 54.3 Å². The Hall–Kier alpha value is -1.89. The molecule has 1 saturated heterocycles. The van der Waals surface area contributed by atoms with Crippen molar-refractivity contribution in [3.05, 3.63) is 29.8 Å². The molecule has 1 aliphatic rings. The number of carbonyl (C=O) groups is 1. The summed E-state index contributed by atoms with van der Waals surface area (Å²) in [5, 5.41) is 11.8. The van der Waals surface area contributed by atoms with E-state index in [1.165, 1.54) is 0 Å². The Morgan fingerprint density at radius 1 is 1.52 bits per heavy atom. The van der Waals surface area contributed by atoms with Crippen molar-refractivity contribution in [2.75, 3.05) is 26.3 Å². The number of nitrogens with zero attached hydrogens (tertiary/aromatic N) is 1. The summed E-state index contributed by atoms with van der Waals surface area (Å²) >= 11 is 0. The number of hydrogen-bond acceptors (Lipinski definition) is 3. The molecule has 1 unspecified atom stereocenters. The summed E-state index contributed by atoms with van der Waals surface area (Å²) in [7, 11) is 0. The monoisotopic (exact) mass is 328 g/mol. The molecule has 0 saturated carbocycles. The highest BCUT2D eigenvalue weighted by Gasteiger charge is 2.46. The van der Waals surface area contributed by atoms with Gasteiger partial charge in [-0.15, -0.1) is 0 Å². The smallest absolute Gasteiger partial charge is 0.317 e. The van der Waals surface area contributed by atoms with Crippen molar-refractivity contribution in [3.8, 4) is 5.75 Å². The van der Waals surface area contributed by atoms with Gasteiger partial charge in [0.05, 0.1) is 25.8 Å². The molecule has 1 atom stereocenters. The van der Waals surface area contributed by atoms with Crippen LogP contribution in [0.1, 0.15) is 18.9 Å². The van der Waals surface area contributed by atoms with E-state index >= 15 is 0 Å². The SMILES string of the molecule is CCOc1cccc(CCNC(=O)N2CC(F)(F)CC2CO)c1. The molecule has 1 heterocycles. The molecule has 0 radical (unpaired) electrons. The molecular formula is C16H22F2N2O3. The molecule has 1 fully saturated rings. The second-order valence-corrected chi connectivity index (χ2v) is 5.59. The summed E-state index contributed by atoms with van der Waals surface area (Å²) in [6.45, 7) is 1.69. The second-order valence-electron chi connectivity index (χ2n) is 5.59. The Balaban J connectivity index is 1.84. The van der Waals surface area contributed by atoms with E-state index < -0.39 is 37.6 Å². The molecule has 0 spiro atoms. The predicted octanol–water partition coefficient (Wildman–Crippen LogP) is 2.04. The third-order valence-electron chi connectivity index (χ3n) is 3.75. The van der Waals surface area contributed by atoms with Crippen molar-refractivity contribution in [1.29, 1.82) is 0 Å². The van der Waals surface area contributed by atoms with Gasteiger partial charge in [-0.1, -0.05) is 12.1 Å². The zero-order valence-electron chi connectivity index (χ0n) is 13.1. The van der Waals surface area contributed by atoms with Crippen LogP contribution in [0.15, 0.2) is 24.3 Å². The summed E-state index contributed by atoms with van der Waals surface area (Å²) in [6, 6.07) is 6.12. The van der Waals surface area contributed by atoms with Gasteiger partial charge in [-0.05, 0) is 31.0 Å². The van der Waals surface area contributed by atoms with Gasteiger partial charge >= 0.3 is 6.03 Å². The van der Waals surface area contributed by atoms with Gasteiger partial charge in [0, 0.05) is 13.0 Å². The van der Waals surface area contributed by atoms with Gasteiger partial charge in [0.25, 0.3) is 5.92 Å². The highest BCUT2D eigenvalue weighted by molar-refractivity contribution is 5.75. The Morgan fingerprint density at radius 3 is 3.00 bits per heavy atom. The maximum absolute atomic E-state index is 13.3. The summed E-state index contributed by atoms with van der Waals surface area (Å²) in [6.07, 6.45) is 0.0774. The second kappa shape index (κ2) is 7.59. The Kier molecular flexibility index (Phi) is 5.76. The van der Waals surface area contributed by atoms with Crippen molar-refractivity contribution in [1.82, 2.24) is 10.2 Å². The topological polar surface area (TPSA) is 61.8 Å². The zero-order valence-corrected chi connectivity index (χ0v) is 13.1. The summed E-state index contributed by atoms with van der Waals surface area (Å²) in [4.78, 5) is 13.0. The molecule has 1 aromatic rings. The fourth-order valence-corrected chi connectivity index (χ4v) is 2.67. The van der Waals surface area contributed by atoms with E-state index in [2.05, 4.69) is 5.32 Å². The molecule has 23 heavy (non-hydrogen) atoms. The number of aliphatic hydroxyl groups excluding tert-OH is 1. The molecule has 1 aromatic carbocycles. The van der Waals surface area contributed by atoms with E-state index in [0.29, 0.717) is 19.6 Å². The molecule has 1 aliphatic heterocycles. The summed E-state index contributed by atoms with van der Waals surface area (Å²) in [5.41, 5.74) is 0.988. The van der Waals surface area contributed by atoms with Gasteiger partial charge in [-0.2, -0.15) is 0 Å². The number of aliphatic hydroxyl groups is 1. The average Bonchev–Trinajstić information content (AvgIpc) is 2.83. The van der Waals surface area contributed by atoms with Crippen LogP contribution in [-0.2, 0) is 6.42 Å². The number of likely N-dealkylation sites (tertiary alicyclic amines) is 1. The van der Waals surface area contributed by atoms with E-state index in [4.69, 9.17) is 9.84 Å². The van der Waals surface area contributed by atoms with Crippen LogP contribution in [0, 0.1) is 0 Å².